The van der Waals surface area contributed by atoms with E-state index in [1.54, 1.807) is 13.0 Å². The molecule has 2 aromatic rings. The zero-order valence-corrected chi connectivity index (χ0v) is 18.8. The third-order valence-electron chi connectivity index (χ3n) is 7.11. The molecule has 1 N–H and O–H groups in total. The van der Waals surface area contributed by atoms with Gasteiger partial charge in [0.05, 0.1) is 5.60 Å². The van der Waals surface area contributed by atoms with E-state index >= 15 is 0 Å². The van der Waals surface area contributed by atoms with Crippen molar-refractivity contribution in [3.05, 3.63) is 39.7 Å². The molecule has 3 atom stereocenters. The molecule has 1 saturated carbocycles. The van der Waals surface area contributed by atoms with Gasteiger partial charge in [-0.15, -0.1) is 0 Å². The summed E-state index contributed by atoms with van der Waals surface area (Å²) in [5.41, 5.74) is 1.25. The first-order valence-electron chi connectivity index (χ1n) is 11.6. The summed E-state index contributed by atoms with van der Waals surface area (Å²) in [6.45, 7) is 6.85. The van der Waals surface area contributed by atoms with E-state index in [4.69, 9.17) is 9.15 Å². The number of ether oxygens (including phenoxy) is 1. The Labute approximate surface area is 183 Å². The van der Waals surface area contributed by atoms with Crippen LogP contribution in [0.2, 0.25) is 0 Å². The van der Waals surface area contributed by atoms with E-state index in [-0.39, 0.29) is 17.5 Å². The Bertz CT molecular complexity index is 1030. The van der Waals surface area contributed by atoms with Gasteiger partial charge in [-0.1, -0.05) is 26.2 Å². The Morgan fingerprint density at radius 1 is 1.35 bits per heavy atom. The number of carbonyl (C=O) groups is 1. The van der Waals surface area contributed by atoms with E-state index in [0.717, 1.165) is 55.0 Å². The Kier molecular flexibility index (Phi) is 6.11. The van der Waals surface area contributed by atoms with Crippen molar-refractivity contribution in [2.45, 2.75) is 77.4 Å². The van der Waals surface area contributed by atoms with Crippen LogP contribution in [0, 0.1) is 12.8 Å². The third kappa shape index (κ3) is 4.22. The summed E-state index contributed by atoms with van der Waals surface area (Å²) in [5, 5.41) is 11.8. The maximum atomic E-state index is 13.1. The van der Waals surface area contributed by atoms with Gasteiger partial charge >= 0.3 is 5.63 Å². The van der Waals surface area contributed by atoms with Crippen LogP contribution >= 0.6 is 0 Å². The molecule has 1 amide bonds. The zero-order valence-electron chi connectivity index (χ0n) is 18.8. The second-order valence-electron chi connectivity index (χ2n) is 9.25. The SMILES string of the molecule is CCCc1cc(=O)oc2c(C)c(OC(C)C(=O)N3CC[C@@]4(O)CCCC[C@H]4C3)ccc12. The van der Waals surface area contributed by atoms with Gasteiger partial charge in [0.1, 0.15) is 11.3 Å². The van der Waals surface area contributed by atoms with Gasteiger partial charge in [0.2, 0.25) is 0 Å². The molecular formula is C25H33NO5. The number of aryl methyl sites for hydroxylation is 2. The van der Waals surface area contributed by atoms with Gasteiger partial charge in [-0.2, -0.15) is 0 Å². The maximum Gasteiger partial charge on any atom is 0.336 e. The van der Waals surface area contributed by atoms with Gasteiger partial charge in [0.15, 0.2) is 6.10 Å². The summed E-state index contributed by atoms with van der Waals surface area (Å²) in [5.74, 6) is 0.643. The van der Waals surface area contributed by atoms with E-state index < -0.39 is 11.7 Å². The zero-order chi connectivity index (χ0) is 22.2. The molecule has 1 saturated heterocycles. The van der Waals surface area contributed by atoms with Crippen molar-refractivity contribution in [1.29, 1.82) is 0 Å². The topological polar surface area (TPSA) is 80.0 Å². The summed E-state index contributed by atoms with van der Waals surface area (Å²) in [7, 11) is 0. The van der Waals surface area contributed by atoms with Gasteiger partial charge in [-0.25, -0.2) is 4.79 Å². The number of benzene rings is 1. The molecule has 1 unspecified atom stereocenters. The number of amides is 1. The minimum Gasteiger partial charge on any atom is -0.480 e. The lowest BCUT2D eigenvalue weighted by atomic mass is 9.71. The third-order valence-corrected chi connectivity index (χ3v) is 7.11. The molecule has 1 aromatic heterocycles. The lowest BCUT2D eigenvalue weighted by Crippen LogP contribution is -2.56. The Morgan fingerprint density at radius 3 is 2.94 bits per heavy atom. The van der Waals surface area contributed by atoms with Crippen molar-refractivity contribution >= 4 is 16.9 Å². The van der Waals surface area contributed by atoms with Crippen LogP contribution in [-0.2, 0) is 11.2 Å². The van der Waals surface area contributed by atoms with Crippen LogP contribution in [0.15, 0.2) is 27.4 Å². The smallest absolute Gasteiger partial charge is 0.336 e. The molecule has 168 valence electrons. The highest BCUT2D eigenvalue weighted by atomic mass is 16.5. The maximum absolute atomic E-state index is 13.1. The molecule has 31 heavy (non-hydrogen) atoms. The van der Waals surface area contributed by atoms with E-state index in [9.17, 15) is 14.7 Å². The predicted molar refractivity (Wildman–Crippen MR) is 119 cm³/mol. The lowest BCUT2D eigenvalue weighted by Gasteiger charge is -2.47. The highest BCUT2D eigenvalue weighted by molar-refractivity contribution is 5.85. The Balaban J connectivity index is 1.51. The highest BCUT2D eigenvalue weighted by Gasteiger charge is 2.44. The number of aliphatic hydroxyl groups is 1. The number of nitrogens with zero attached hydrogens (tertiary/aromatic N) is 1. The average molecular weight is 428 g/mol. The summed E-state index contributed by atoms with van der Waals surface area (Å²) in [6.07, 6.45) is 5.71. The fraction of sp³-hybridized carbons (Fsp3) is 0.600. The van der Waals surface area contributed by atoms with Gasteiger partial charge < -0.3 is 19.2 Å². The molecule has 0 spiro atoms. The second kappa shape index (κ2) is 8.65. The number of piperidine rings is 1. The minimum absolute atomic E-state index is 0.0618. The molecule has 6 heteroatoms. The van der Waals surface area contributed by atoms with E-state index in [1.165, 1.54) is 0 Å². The summed E-state index contributed by atoms with van der Waals surface area (Å²) in [6, 6.07) is 5.32. The van der Waals surface area contributed by atoms with Crippen molar-refractivity contribution in [2.24, 2.45) is 5.92 Å². The number of rotatable bonds is 5. The summed E-state index contributed by atoms with van der Waals surface area (Å²) < 4.78 is 11.5. The summed E-state index contributed by atoms with van der Waals surface area (Å²) in [4.78, 5) is 27.0. The quantitative estimate of drug-likeness (QED) is 0.730. The van der Waals surface area contributed by atoms with Gasteiger partial charge in [-0.3, -0.25) is 4.79 Å². The molecule has 1 aliphatic heterocycles. The van der Waals surface area contributed by atoms with Crippen molar-refractivity contribution in [3.63, 3.8) is 0 Å². The number of hydrogen-bond acceptors (Lipinski definition) is 5. The van der Waals surface area contributed by atoms with Gasteiger partial charge in [0, 0.05) is 36.0 Å². The molecule has 0 radical (unpaired) electrons. The van der Waals surface area contributed by atoms with Crippen LogP contribution in [0.4, 0.5) is 0 Å². The summed E-state index contributed by atoms with van der Waals surface area (Å²) >= 11 is 0. The first kappa shape index (κ1) is 21.9. The van der Waals surface area contributed by atoms with E-state index in [2.05, 4.69) is 6.92 Å². The fourth-order valence-electron chi connectivity index (χ4n) is 5.28. The van der Waals surface area contributed by atoms with Crippen LogP contribution in [0.5, 0.6) is 5.75 Å². The number of likely N-dealkylation sites (tertiary alicyclic amines) is 1. The number of carbonyl (C=O) groups excluding carboxylic acids is 1. The normalized spacial score (nSPS) is 24.6. The largest absolute Gasteiger partial charge is 0.480 e. The molecule has 0 bridgehead atoms. The van der Waals surface area contributed by atoms with Crippen LogP contribution in [-0.4, -0.2) is 40.7 Å². The molecule has 4 rings (SSSR count). The lowest BCUT2D eigenvalue weighted by molar-refractivity contribution is -0.149. The molecular weight excluding hydrogens is 394 g/mol. The van der Waals surface area contributed by atoms with Gasteiger partial charge in [-0.05, 0) is 57.2 Å². The first-order chi connectivity index (χ1) is 14.8. The predicted octanol–water partition coefficient (Wildman–Crippen LogP) is 3.97. The second-order valence-corrected chi connectivity index (χ2v) is 9.25. The monoisotopic (exact) mass is 427 g/mol. The van der Waals surface area contributed by atoms with Crippen molar-refractivity contribution < 1.29 is 19.1 Å². The van der Waals surface area contributed by atoms with Crippen molar-refractivity contribution in [1.82, 2.24) is 4.90 Å². The van der Waals surface area contributed by atoms with Crippen LogP contribution in [0.25, 0.3) is 11.0 Å². The Hall–Kier alpha value is -2.34. The number of fused-ring (bicyclic) bond motifs is 2. The number of hydrogen-bond donors (Lipinski definition) is 1. The molecule has 2 heterocycles. The van der Waals surface area contributed by atoms with Crippen molar-refractivity contribution in [2.75, 3.05) is 13.1 Å². The van der Waals surface area contributed by atoms with Crippen LogP contribution in [0.1, 0.15) is 63.5 Å². The molecule has 2 fully saturated rings. The standard InChI is InChI=1S/C25H33NO5/c1-4-7-18-14-22(27)31-23-16(2)21(10-9-20(18)23)30-17(3)24(28)26-13-12-25(29)11-6-5-8-19(25)15-26/h9-10,14,17,19,29H,4-8,11-13,15H2,1-3H3/t17?,19-,25-/m0/s1. The molecule has 6 nitrogen and oxygen atoms in total. The van der Waals surface area contributed by atoms with E-state index in [0.29, 0.717) is 30.8 Å². The minimum atomic E-state index is -0.656. The first-order valence-corrected chi connectivity index (χ1v) is 11.6. The van der Waals surface area contributed by atoms with E-state index in [1.807, 2.05) is 24.0 Å². The van der Waals surface area contributed by atoms with Crippen LogP contribution < -0.4 is 10.4 Å². The van der Waals surface area contributed by atoms with Crippen molar-refractivity contribution in [3.8, 4) is 5.75 Å². The molecule has 1 aliphatic carbocycles. The highest BCUT2D eigenvalue weighted by Crippen LogP contribution is 2.40. The Morgan fingerprint density at radius 2 is 2.16 bits per heavy atom. The van der Waals surface area contributed by atoms with Gasteiger partial charge in [0.25, 0.3) is 5.91 Å². The fourth-order valence-corrected chi connectivity index (χ4v) is 5.28. The molecule has 1 aromatic carbocycles. The average Bonchev–Trinajstić information content (AvgIpc) is 2.75. The molecule has 2 aliphatic rings. The van der Waals surface area contributed by atoms with Crippen LogP contribution in [0.3, 0.4) is 0 Å².